The average Bonchev–Trinajstić information content (AvgIpc) is 2.57. The third kappa shape index (κ3) is 0.835. The molecule has 1 heterocycles. The Kier molecular flexibility index (Phi) is 1.58. The van der Waals surface area contributed by atoms with Crippen LogP contribution >= 0.6 is 12.2 Å². The van der Waals surface area contributed by atoms with Crippen molar-refractivity contribution in [3.8, 4) is 0 Å². The minimum atomic E-state index is -2.10. The maximum atomic E-state index is 12.0. The first-order chi connectivity index (χ1) is 7.49. The second-order valence-corrected chi connectivity index (χ2v) is 4.28. The molecule has 3 rings (SSSR count). The number of aliphatic hydroxyl groups is 2. The van der Waals surface area contributed by atoms with Gasteiger partial charge in [0.1, 0.15) is 0 Å². The van der Waals surface area contributed by atoms with E-state index in [4.69, 9.17) is 12.2 Å². The molecule has 1 saturated heterocycles. The quantitative estimate of drug-likeness (QED) is 0.441. The van der Waals surface area contributed by atoms with Crippen molar-refractivity contribution in [1.29, 1.82) is 0 Å². The topological polar surface area (TPSA) is 81.6 Å². The lowest BCUT2D eigenvalue weighted by Crippen LogP contribution is -2.58. The van der Waals surface area contributed by atoms with Crippen molar-refractivity contribution >= 4 is 23.1 Å². The minimum Gasteiger partial charge on any atom is -0.363 e. The highest BCUT2D eigenvalue weighted by Crippen LogP contribution is 2.43. The Bertz CT molecular complexity index is 533. The van der Waals surface area contributed by atoms with E-state index in [0.717, 1.165) is 0 Å². The molecule has 1 aromatic carbocycles. The SMILES string of the molecule is O=C1c2ccccc2C2(O)NC(=S)NC12O. The van der Waals surface area contributed by atoms with Gasteiger partial charge in [0.05, 0.1) is 0 Å². The van der Waals surface area contributed by atoms with Crippen molar-refractivity contribution in [1.82, 2.24) is 10.6 Å². The molecule has 0 aromatic heterocycles. The maximum absolute atomic E-state index is 12.0. The molecule has 1 aliphatic heterocycles. The van der Waals surface area contributed by atoms with Gasteiger partial charge in [0.15, 0.2) is 5.11 Å². The lowest BCUT2D eigenvalue weighted by molar-refractivity contribution is -0.122. The van der Waals surface area contributed by atoms with Crippen LogP contribution in [-0.4, -0.2) is 26.8 Å². The molecule has 16 heavy (non-hydrogen) atoms. The van der Waals surface area contributed by atoms with Crippen molar-refractivity contribution in [3.63, 3.8) is 0 Å². The normalized spacial score (nSPS) is 35.4. The van der Waals surface area contributed by atoms with Gasteiger partial charge in [-0.3, -0.25) is 4.79 Å². The van der Waals surface area contributed by atoms with Crippen molar-refractivity contribution in [2.75, 3.05) is 0 Å². The number of fused-ring (bicyclic) bond motifs is 3. The van der Waals surface area contributed by atoms with Gasteiger partial charge in [0.2, 0.25) is 11.5 Å². The number of Topliss-reactive ketones (excluding diaryl/α,β-unsaturated/α-hetero) is 1. The molecule has 1 aliphatic carbocycles. The molecule has 0 amide bonds. The molecule has 1 aromatic rings. The molecule has 1 fully saturated rings. The monoisotopic (exact) mass is 236 g/mol. The van der Waals surface area contributed by atoms with Gasteiger partial charge in [-0.05, 0) is 12.2 Å². The van der Waals surface area contributed by atoms with Crippen molar-refractivity contribution in [2.45, 2.75) is 11.4 Å². The molecule has 0 saturated carbocycles. The number of ketones is 1. The number of rotatable bonds is 0. The van der Waals surface area contributed by atoms with Crippen molar-refractivity contribution in [3.05, 3.63) is 35.4 Å². The van der Waals surface area contributed by atoms with Crippen LogP contribution in [-0.2, 0) is 5.72 Å². The smallest absolute Gasteiger partial charge is 0.256 e. The third-order valence-corrected chi connectivity index (χ3v) is 3.21. The number of thiocarbonyl (C=S) groups is 1. The molecule has 82 valence electrons. The standard InChI is InChI=1S/C10H8N2O3S/c13-7-5-3-1-2-4-6(5)9(14)10(7,15)12-8(16)11-9/h1-4,14-15H,(H2,11,12,16). The molecule has 0 radical (unpaired) electrons. The van der Waals surface area contributed by atoms with Crippen LogP contribution in [0.1, 0.15) is 15.9 Å². The van der Waals surface area contributed by atoms with E-state index >= 15 is 0 Å². The van der Waals surface area contributed by atoms with E-state index in [1.54, 1.807) is 24.3 Å². The Balaban J connectivity index is 2.32. The molecule has 0 bridgehead atoms. The highest BCUT2D eigenvalue weighted by Gasteiger charge is 2.67. The summed E-state index contributed by atoms with van der Waals surface area (Å²) in [5.74, 6) is -0.585. The van der Waals surface area contributed by atoms with Crippen LogP contribution in [0.3, 0.4) is 0 Å². The summed E-state index contributed by atoms with van der Waals surface area (Å²) in [5.41, 5.74) is -3.37. The Morgan fingerprint density at radius 3 is 2.50 bits per heavy atom. The fourth-order valence-electron chi connectivity index (χ4n) is 2.22. The summed E-state index contributed by atoms with van der Waals surface area (Å²) in [6.07, 6.45) is 0. The van der Waals surface area contributed by atoms with Gasteiger partial charge in [-0.25, -0.2) is 0 Å². The van der Waals surface area contributed by atoms with Crippen LogP contribution in [0.5, 0.6) is 0 Å². The first-order valence-electron chi connectivity index (χ1n) is 4.68. The summed E-state index contributed by atoms with van der Waals surface area (Å²) in [6, 6.07) is 6.48. The van der Waals surface area contributed by atoms with Gasteiger partial charge in [0.25, 0.3) is 5.72 Å². The van der Waals surface area contributed by atoms with Gasteiger partial charge in [0, 0.05) is 11.1 Å². The maximum Gasteiger partial charge on any atom is 0.256 e. The molecular weight excluding hydrogens is 228 g/mol. The van der Waals surface area contributed by atoms with Gasteiger partial charge >= 0.3 is 0 Å². The summed E-state index contributed by atoms with van der Waals surface area (Å²) in [5, 5.41) is 25.5. The van der Waals surface area contributed by atoms with Gasteiger partial charge in [-0.2, -0.15) is 0 Å². The highest BCUT2D eigenvalue weighted by molar-refractivity contribution is 7.80. The Hall–Kier alpha value is -1.50. The van der Waals surface area contributed by atoms with Crippen LogP contribution in [0.4, 0.5) is 0 Å². The third-order valence-electron chi connectivity index (χ3n) is 3.00. The Morgan fingerprint density at radius 1 is 1.12 bits per heavy atom. The number of carbonyl (C=O) groups is 1. The molecule has 6 heteroatoms. The zero-order chi connectivity index (χ0) is 11.6. The van der Waals surface area contributed by atoms with E-state index in [9.17, 15) is 15.0 Å². The number of hydrogen-bond donors (Lipinski definition) is 4. The molecule has 4 N–H and O–H groups in total. The van der Waals surface area contributed by atoms with Crippen LogP contribution < -0.4 is 10.6 Å². The van der Waals surface area contributed by atoms with E-state index in [0.29, 0.717) is 5.56 Å². The summed E-state index contributed by atoms with van der Waals surface area (Å²) in [6.45, 7) is 0. The summed E-state index contributed by atoms with van der Waals surface area (Å²) in [7, 11) is 0. The van der Waals surface area contributed by atoms with E-state index in [-0.39, 0.29) is 10.7 Å². The zero-order valence-corrected chi connectivity index (χ0v) is 8.84. The lowest BCUT2D eigenvalue weighted by Gasteiger charge is -2.28. The van der Waals surface area contributed by atoms with Crippen LogP contribution in [0, 0.1) is 0 Å². The van der Waals surface area contributed by atoms with Gasteiger partial charge < -0.3 is 20.8 Å². The van der Waals surface area contributed by atoms with Crippen molar-refractivity contribution in [2.24, 2.45) is 0 Å². The minimum absolute atomic E-state index is 0.0489. The molecule has 0 spiro atoms. The summed E-state index contributed by atoms with van der Waals surface area (Å²) < 4.78 is 0. The summed E-state index contributed by atoms with van der Waals surface area (Å²) in [4.78, 5) is 12.0. The lowest BCUT2D eigenvalue weighted by atomic mass is 10.0. The predicted octanol–water partition coefficient (Wildman–Crippen LogP) is -0.806. The molecule has 5 nitrogen and oxygen atoms in total. The number of carbonyl (C=O) groups excluding carboxylic acids is 1. The molecule has 2 atom stereocenters. The fraction of sp³-hybridized carbons (Fsp3) is 0.200. The largest absolute Gasteiger partial charge is 0.363 e. The second-order valence-electron chi connectivity index (χ2n) is 3.87. The van der Waals surface area contributed by atoms with Crippen molar-refractivity contribution < 1.29 is 15.0 Å². The predicted molar refractivity (Wildman–Crippen MR) is 58.5 cm³/mol. The first-order valence-corrected chi connectivity index (χ1v) is 5.09. The molecule has 2 aliphatic rings. The fourth-order valence-corrected chi connectivity index (χ4v) is 2.51. The van der Waals surface area contributed by atoms with Crippen LogP contribution in [0.25, 0.3) is 0 Å². The van der Waals surface area contributed by atoms with Gasteiger partial charge in [-0.15, -0.1) is 0 Å². The number of benzene rings is 1. The highest BCUT2D eigenvalue weighted by atomic mass is 32.1. The zero-order valence-electron chi connectivity index (χ0n) is 8.02. The van der Waals surface area contributed by atoms with Crippen LogP contribution in [0.2, 0.25) is 0 Å². The van der Waals surface area contributed by atoms with E-state index in [1.165, 1.54) is 0 Å². The number of hydrogen-bond acceptors (Lipinski definition) is 4. The average molecular weight is 236 g/mol. The number of nitrogens with one attached hydrogen (secondary N) is 2. The second kappa shape index (κ2) is 2.60. The molecule has 2 unspecified atom stereocenters. The van der Waals surface area contributed by atoms with E-state index in [2.05, 4.69) is 10.6 Å². The van der Waals surface area contributed by atoms with Gasteiger partial charge in [-0.1, -0.05) is 24.3 Å². The Labute approximate surface area is 96.1 Å². The van der Waals surface area contributed by atoms with E-state index < -0.39 is 17.2 Å². The van der Waals surface area contributed by atoms with Crippen LogP contribution in [0.15, 0.2) is 24.3 Å². The first kappa shape index (κ1) is 9.71. The van der Waals surface area contributed by atoms with E-state index in [1.807, 2.05) is 0 Å². The summed E-state index contributed by atoms with van der Waals surface area (Å²) >= 11 is 4.80. The molecular formula is C10H8N2O3S. The Morgan fingerprint density at radius 2 is 1.75 bits per heavy atom.